The molecule has 0 atom stereocenters. The number of carbonyl (C=O) groups excluding carboxylic acids is 2. The highest BCUT2D eigenvalue weighted by Gasteiger charge is 2.12. The molecule has 0 aliphatic heterocycles. The normalized spacial score (nSPS) is 9.93. The van der Waals surface area contributed by atoms with E-state index in [9.17, 15) is 9.59 Å². The highest BCUT2D eigenvalue weighted by atomic mass is 16.3. The Bertz CT molecular complexity index is 352. The summed E-state index contributed by atoms with van der Waals surface area (Å²) in [6.45, 7) is 1.74. The van der Waals surface area contributed by atoms with Crippen LogP contribution in [0.15, 0.2) is 10.5 Å². The van der Waals surface area contributed by atoms with E-state index in [4.69, 9.17) is 4.42 Å². The lowest BCUT2D eigenvalue weighted by Gasteiger charge is -2.08. The molecule has 76 valence electrons. The smallest absolute Gasteiger partial charge is 0.226 e. The molecule has 0 bridgehead atoms. The third-order valence-electron chi connectivity index (χ3n) is 2.00. The van der Waals surface area contributed by atoms with Crippen LogP contribution in [0, 0.1) is 6.92 Å². The van der Waals surface area contributed by atoms with E-state index in [0.717, 1.165) is 5.56 Å². The molecule has 1 aromatic rings. The third-order valence-corrected chi connectivity index (χ3v) is 2.00. The van der Waals surface area contributed by atoms with Crippen molar-refractivity contribution in [2.75, 3.05) is 14.1 Å². The maximum atomic E-state index is 11.4. The van der Waals surface area contributed by atoms with Gasteiger partial charge in [0, 0.05) is 19.7 Å². The van der Waals surface area contributed by atoms with Crippen molar-refractivity contribution in [1.29, 1.82) is 0 Å². The molecule has 0 aliphatic carbocycles. The first kappa shape index (κ1) is 10.5. The van der Waals surface area contributed by atoms with Crippen molar-refractivity contribution >= 4 is 12.2 Å². The number of hydrogen-bond acceptors (Lipinski definition) is 3. The molecule has 0 unspecified atom stereocenters. The van der Waals surface area contributed by atoms with Gasteiger partial charge in [-0.25, -0.2) is 0 Å². The molecule has 4 nitrogen and oxygen atoms in total. The predicted octanol–water partition coefficient (Wildman–Crippen LogP) is 1.03. The molecule has 1 heterocycles. The average Bonchev–Trinajstić information content (AvgIpc) is 2.47. The van der Waals surface area contributed by atoms with Gasteiger partial charge in [-0.05, 0) is 13.0 Å². The van der Waals surface area contributed by atoms with Crippen LogP contribution >= 0.6 is 0 Å². The number of aryl methyl sites for hydroxylation is 1. The lowest BCUT2D eigenvalue weighted by molar-refractivity contribution is -0.127. The zero-order valence-electron chi connectivity index (χ0n) is 8.53. The summed E-state index contributed by atoms with van der Waals surface area (Å²) < 4.78 is 5.11. The standard InChI is InChI=1S/C10H13NO3/c1-7-8(4-9(6-12)14-7)5-10(13)11(2)3/h4,6H,5H2,1-3H3. The Balaban J connectivity index is 2.81. The summed E-state index contributed by atoms with van der Waals surface area (Å²) in [5, 5.41) is 0. The molecule has 1 rings (SSSR count). The van der Waals surface area contributed by atoms with E-state index in [1.165, 1.54) is 4.90 Å². The van der Waals surface area contributed by atoms with Gasteiger partial charge in [-0.2, -0.15) is 0 Å². The van der Waals surface area contributed by atoms with Crippen molar-refractivity contribution in [2.24, 2.45) is 0 Å². The number of furan rings is 1. The number of rotatable bonds is 3. The summed E-state index contributed by atoms with van der Waals surface area (Å²) in [5.74, 6) is 0.887. The Morgan fingerprint density at radius 1 is 1.57 bits per heavy atom. The second-order valence-corrected chi connectivity index (χ2v) is 3.31. The fourth-order valence-corrected chi connectivity index (χ4v) is 1.10. The number of likely N-dealkylation sites (N-methyl/N-ethyl adjacent to an activating group) is 1. The molecule has 14 heavy (non-hydrogen) atoms. The van der Waals surface area contributed by atoms with Gasteiger partial charge in [-0.15, -0.1) is 0 Å². The third kappa shape index (κ3) is 2.22. The van der Waals surface area contributed by atoms with Crippen molar-refractivity contribution < 1.29 is 14.0 Å². The van der Waals surface area contributed by atoms with E-state index in [-0.39, 0.29) is 18.1 Å². The number of carbonyl (C=O) groups is 2. The van der Waals surface area contributed by atoms with E-state index in [0.29, 0.717) is 12.0 Å². The van der Waals surface area contributed by atoms with Crippen molar-refractivity contribution in [3.05, 3.63) is 23.2 Å². The first-order chi connectivity index (χ1) is 6.54. The van der Waals surface area contributed by atoms with Crippen LogP contribution in [0.5, 0.6) is 0 Å². The molecule has 0 saturated heterocycles. The fourth-order valence-electron chi connectivity index (χ4n) is 1.10. The minimum atomic E-state index is -0.00801. The van der Waals surface area contributed by atoms with Crippen molar-refractivity contribution in [2.45, 2.75) is 13.3 Å². The second kappa shape index (κ2) is 4.09. The van der Waals surface area contributed by atoms with Gasteiger partial charge in [0.2, 0.25) is 5.91 Å². The van der Waals surface area contributed by atoms with Gasteiger partial charge < -0.3 is 9.32 Å². The Morgan fingerprint density at radius 2 is 2.21 bits per heavy atom. The molecule has 0 N–H and O–H groups in total. The summed E-state index contributed by atoms with van der Waals surface area (Å²) >= 11 is 0. The van der Waals surface area contributed by atoms with E-state index < -0.39 is 0 Å². The number of amides is 1. The van der Waals surface area contributed by atoms with Crippen molar-refractivity contribution in [3.8, 4) is 0 Å². The first-order valence-corrected chi connectivity index (χ1v) is 4.29. The molecule has 0 radical (unpaired) electrons. The highest BCUT2D eigenvalue weighted by molar-refractivity contribution is 5.79. The fraction of sp³-hybridized carbons (Fsp3) is 0.400. The Labute approximate surface area is 82.5 Å². The van der Waals surface area contributed by atoms with Crippen molar-refractivity contribution in [1.82, 2.24) is 4.90 Å². The number of aldehydes is 1. The van der Waals surface area contributed by atoms with Crippen LogP contribution in [-0.4, -0.2) is 31.2 Å². The maximum absolute atomic E-state index is 11.4. The van der Waals surface area contributed by atoms with Gasteiger partial charge in [-0.3, -0.25) is 9.59 Å². The first-order valence-electron chi connectivity index (χ1n) is 4.29. The topological polar surface area (TPSA) is 50.5 Å². The van der Waals surface area contributed by atoms with E-state index in [1.54, 1.807) is 27.1 Å². The molecule has 0 saturated carbocycles. The van der Waals surface area contributed by atoms with Crippen LogP contribution in [-0.2, 0) is 11.2 Å². The van der Waals surface area contributed by atoms with Crippen LogP contribution in [0.2, 0.25) is 0 Å². The summed E-state index contributed by atoms with van der Waals surface area (Å²) in [6.07, 6.45) is 0.910. The van der Waals surface area contributed by atoms with Gasteiger partial charge in [-0.1, -0.05) is 0 Å². The average molecular weight is 195 g/mol. The van der Waals surface area contributed by atoms with Gasteiger partial charge in [0.15, 0.2) is 12.0 Å². The molecule has 1 aromatic heterocycles. The molecule has 1 amide bonds. The van der Waals surface area contributed by atoms with Crippen LogP contribution in [0.25, 0.3) is 0 Å². The monoisotopic (exact) mass is 195 g/mol. The Kier molecular flexibility index (Phi) is 3.06. The van der Waals surface area contributed by atoms with Crippen LogP contribution in [0.1, 0.15) is 21.9 Å². The molecule has 0 spiro atoms. The highest BCUT2D eigenvalue weighted by Crippen LogP contribution is 2.14. The zero-order valence-corrected chi connectivity index (χ0v) is 8.53. The summed E-state index contributed by atoms with van der Waals surface area (Å²) in [5.41, 5.74) is 0.769. The van der Waals surface area contributed by atoms with E-state index in [1.807, 2.05) is 0 Å². The summed E-state index contributed by atoms with van der Waals surface area (Å²) in [6, 6.07) is 1.60. The molecule has 0 aliphatic rings. The maximum Gasteiger partial charge on any atom is 0.226 e. The molecule has 0 fully saturated rings. The number of hydrogen-bond donors (Lipinski definition) is 0. The second-order valence-electron chi connectivity index (χ2n) is 3.31. The van der Waals surface area contributed by atoms with E-state index >= 15 is 0 Å². The quantitative estimate of drug-likeness (QED) is 0.677. The Hall–Kier alpha value is -1.58. The Morgan fingerprint density at radius 3 is 2.64 bits per heavy atom. The zero-order chi connectivity index (χ0) is 10.7. The molecule has 4 heteroatoms. The molecular formula is C10H13NO3. The lowest BCUT2D eigenvalue weighted by Crippen LogP contribution is -2.23. The van der Waals surface area contributed by atoms with Gasteiger partial charge in [0.25, 0.3) is 0 Å². The summed E-state index contributed by atoms with van der Waals surface area (Å²) in [7, 11) is 3.39. The van der Waals surface area contributed by atoms with Gasteiger partial charge in [0.1, 0.15) is 5.76 Å². The molecule has 0 aromatic carbocycles. The minimum absolute atomic E-state index is 0.00801. The van der Waals surface area contributed by atoms with Gasteiger partial charge >= 0.3 is 0 Å². The summed E-state index contributed by atoms with van der Waals surface area (Å²) in [4.78, 5) is 23.3. The predicted molar refractivity (Wildman–Crippen MR) is 51.2 cm³/mol. The van der Waals surface area contributed by atoms with Crippen molar-refractivity contribution in [3.63, 3.8) is 0 Å². The van der Waals surface area contributed by atoms with Crippen LogP contribution in [0.3, 0.4) is 0 Å². The van der Waals surface area contributed by atoms with E-state index in [2.05, 4.69) is 0 Å². The SMILES string of the molecule is Cc1oc(C=O)cc1CC(=O)N(C)C. The number of nitrogens with zero attached hydrogens (tertiary/aromatic N) is 1. The van der Waals surface area contributed by atoms with Gasteiger partial charge in [0.05, 0.1) is 6.42 Å². The lowest BCUT2D eigenvalue weighted by atomic mass is 10.1. The largest absolute Gasteiger partial charge is 0.458 e. The van der Waals surface area contributed by atoms with Crippen LogP contribution in [0.4, 0.5) is 0 Å². The molecular weight excluding hydrogens is 182 g/mol. The van der Waals surface area contributed by atoms with Crippen LogP contribution < -0.4 is 0 Å². The minimum Gasteiger partial charge on any atom is -0.458 e.